The Bertz CT molecular complexity index is 213. The van der Waals surface area contributed by atoms with Gasteiger partial charge in [-0.3, -0.25) is 9.79 Å². The highest BCUT2D eigenvalue weighted by Crippen LogP contribution is 2.07. The van der Waals surface area contributed by atoms with E-state index < -0.39 is 0 Å². The average Bonchev–Trinajstić information content (AvgIpc) is 1.88. The average molecular weight is 137 g/mol. The summed E-state index contributed by atoms with van der Waals surface area (Å²) in [5.74, 6) is 0.126. The standard InChI is InChI=1S/C8H11NO/c1-6-8(7(2)10)4-3-5-9-6/h4H,3,5H2,1-2H3. The van der Waals surface area contributed by atoms with E-state index in [1.165, 1.54) is 0 Å². The fourth-order valence-electron chi connectivity index (χ4n) is 1.07. The van der Waals surface area contributed by atoms with Gasteiger partial charge in [0.1, 0.15) is 0 Å². The Morgan fingerprint density at radius 3 is 2.80 bits per heavy atom. The highest BCUT2D eigenvalue weighted by molar-refractivity contribution is 6.20. The lowest BCUT2D eigenvalue weighted by molar-refractivity contribution is -0.113. The molecule has 54 valence electrons. The number of Topliss-reactive ketones (excluding diaryl/α,β-unsaturated/α-hetero) is 1. The van der Waals surface area contributed by atoms with Crippen molar-refractivity contribution in [2.45, 2.75) is 20.3 Å². The summed E-state index contributed by atoms with van der Waals surface area (Å²) in [6.07, 6.45) is 2.87. The predicted molar refractivity (Wildman–Crippen MR) is 41.4 cm³/mol. The molecular weight excluding hydrogens is 126 g/mol. The van der Waals surface area contributed by atoms with E-state index in [0.717, 1.165) is 24.3 Å². The smallest absolute Gasteiger partial charge is 0.161 e. The lowest BCUT2D eigenvalue weighted by Crippen LogP contribution is -2.10. The molecule has 0 aromatic rings. The van der Waals surface area contributed by atoms with Gasteiger partial charge in [0.15, 0.2) is 5.78 Å². The molecule has 1 aliphatic heterocycles. The van der Waals surface area contributed by atoms with Crippen LogP contribution in [-0.2, 0) is 4.79 Å². The molecule has 2 nitrogen and oxygen atoms in total. The van der Waals surface area contributed by atoms with E-state index in [1.54, 1.807) is 6.92 Å². The predicted octanol–water partition coefficient (Wildman–Crippen LogP) is 1.37. The number of ketones is 1. The van der Waals surface area contributed by atoms with Crippen molar-refractivity contribution in [3.8, 4) is 0 Å². The molecule has 0 saturated carbocycles. The highest BCUT2D eigenvalue weighted by atomic mass is 16.1. The first-order valence-electron chi connectivity index (χ1n) is 3.44. The second-order valence-corrected chi connectivity index (χ2v) is 2.43. The number of allylic oxidation sites excluding steroid dienone is 1. The van der Waals surface area contributed by atoms with Crippen LogP contribution in [-0.4, -0.2) is 18.0 Å². The molecule has 1 aliphatic rings. The van der Waals surface area contributed by atoms with Crippen molar-refractivity contribution < 1.29 is 4.79 Å². The van der Waals surface area contributed by atoms with Gasteiger partial charge in [-0.05, 0) is 20.3 Å². The van der Waals surface area contributed by atoms with Crippen molar-refractivity contribution >= 4 is 11.5 Å². The molecule has 0 saturated heterocycles. The second kappa shape index (κ2) is 2.78. The Kier molecular flexibility index (Phi) is 2.00. The molecule has 0 fully saturated rings. The number of rotatable bonds is 1. The molecule has 0 unspecified atom stereocenters. The summed E-state index contributed by atoms with van der Waals surface area (Å²) in [6, 6.07) is 0. The van der Waals surface area contributed by atoms with Gasteiger partial charge in [0.25, 0.3) is 0 Å². The normalized spacial score (nSPS) is 17.8. The first-order valence-corrected chi connectivity index (χ1v) is 3.44. The zero-order valence-electron chi connectivity index (χ0n) is 6.35. The molecular formula is C8H11NO. The van der Waals surface area contributed by atoms with Crippen LogP contribution in [0.1, 0.15) is 20.3 Å². The number of hydrogen-bond acceptors (Lipinski definition) is 2. The number of dihydropyridines is 1. The molecule has 0 spiro atoms. The van der Waals surface area contributed by atoms with Gasteiger partial charge in [-0.2, -0.15) is 0 Å². The topological polar surface area (TPSA) is 29.4 Å². The summed E-state index contributed by atoms with van der Waals surface area (Å²) in [4.78, 5) is 15.0. The quantitative estimate of drug-likeness (QED) is 0.536. The first-order chi connectivity index (χ1) is 4.72. The van der Waals surface area contributed by atoms with Gasteiger partial charge < -0.3 is 0 Å². The summed E-state index contributed by atoms with van der Waals surface area (Å²) in [6.45, 7) is 4.30. The van der Waals surface area contributed by atoms with Crippen molar-refractivity contribution in [3.63, 3.8) is 0 Å². The molecule has 0 aromatic heterocycles. The van der Waals surface area contributed by atoms with Crippen molar-refractivity contribution in [2.24, 2.45) is 4.99 Å². The molecule has 0 amide bonds. The molecule has 1 rings (SSSR count). The van der Waals surface area contributed by atoms with E-state index in [4.69, 9.17) is 0 Å². The van der Waals surface area contributed by atoms with Gasteiger partial charge in [0, 0.05) is 17.8 Å². The minimum absolute atomic E-state index is 0.126. The molecule has 0 aromatic carbocycles. The highest BCUT2D eigenvalue weighted by Gasteiger charge is 2.08. The monoisotopic (exact) mass is 137 g/mol. The van der Waals surface area contributed by atoms with Crippen molar-refractivity contribution in [1.29, 1.82) is 0 Å². The van der Waals surface area contributed by atoms with Gasteiger partial charge in [-0.1, -0.05) is 6.08 Å². The van der Waals surface area contributed by atoms with Gasteiger partial charge in [-0.15, -0.1) is 0 Å². The molecule has 0 N–H and O–H groups in total. The fraction of sp³-hybridized carbons (Fsp3) is 0.500. The zero-order valence-corrected chi connectivity index (χ0v) is 6.35. The van der Waals surface area contributed by atoms with Crippen LogP contribution < -0.4 is 0 Å². The molecule has 0 aliphatic carbocycles. The van der Waals surface area contributed by atoms with Crippen LogP contribution >= 0.6 is 0 Å². The summed E-state index contributed by atoms with van der Waals surface area (Å²) in [7, 11) is 0. The zero-order chi connectivity index (χ0) is 7.56. The molecule has 1 heterocycles. The van der Waals surface area contributed by atoms with E-state index >= 15 is 0 Å². The van der Waals surface area contributed by atoms with Gasteiger partial charge in [0.2, 0.25) is 0 Å². The van der Waals surface area contributed by atoms with E-state index in [-0.39, 0.29) is 5.78 Å². The fourth-order valence-corrected chi connectivity index (χ4v) is 1.07. The van der Waals surface area contributed by atoms with E-state index in [2.05, 4.69) is 4.99 Å². The summed E-state index contributed by atoms with van der Waals surface area (Å²) in [5.41, 5.74) is 1.69. The van der Waals surface area contributed by atoms with Crippen LogP contribution in [0.25, 0.3) is 0 Å². The Hall–Kier alpha value is -0.920. The number of carbonyl (C=O) groups excluding carboxylic acids is 1. The van der Waals surface area contributed by atoms with E-state index in [1.807, 2.05) is 13.0 Å². The van der Waals surface area contributed by atoms with Gasteiger partial charge in [-0.25, -0.2) is 0 Å². The summed E-state index contributed by atoms with van der Waals surface area (Å²) >= 11 is 0. The maximum Gasteiger partial charge on any atom is 0.161 e. The molecule has 2 heteroatoms. The Balaban J connectivity index is 2.84. The Morgan fingerprint density at radius 1 is 1.70 bits per heavy atom. The summed E-state index contributed by atoms with van der Waals surface area (Å²) < 4.78 is 0. The second-order valence-electron chi connectivity index (χ2n) is 2.43. The van der Waals surface area contributed by atoms with Crippen molar-refractivity contribution in [2.75, 3.05) is 6.54 Å². The van der Waals surface area contributed by atoms with Crippen LogP contribution in [0.15, 0.2) is 16.6 Å². The largest absolute Gasteiger partial charge is 0.294 e. The third-order valence-corrected chi connectivity index (χ3v) is 1.60. The Morgan fingerprint density at radius 2 is 2.40 bits per heavy atom. The van der Waals surface area contributed by atoms with Crippen molar-refractivity contribution in [1.82, 2.24) is 0 Å². The maximum absolute atomic E-state index is 10.9. The minimum atomic E-state index is 0.126. The lowest BCUT2D eigenvalue weighted by atomic mass is 10.0. The number of carbonyl (C=O) groups is 1. The maximum atomic E-state index is 10.9. The number of aliphatic imine (C=N–C) groups is 1. The summed E-state index contributed by atoms with van der Waals surface area (Å²) in [5, 5.41) is 0. The van der Waals surface area contributed by atoms with Crippen LogP contribution in [0.2, 0.25) is 0 Å². The third-order valence-electron chi connectivity index (χ3n) is 1.60. The minimum Gasteiger partial charge on any atom is -0.294 e. The third kappa shape index (κ3) is 1.32. The molecule has 10 heavy (non-hydrogen) atoms. The number of nitrogens with zero attached hydrogens (tertiary/aromatic N) is 1. The molecule has 0 radical (unpaired) electrons. The van der Waals surface area contributed by atoms with E-state index in [0.29, 0.717) is 0 Å². The van der Waals surface area contributed by atoms with Crippen LogP contribution in [0.4, 0.5) is 0 Å². The van der Waals surface area contributed by atoms with Crippen LogP contribution in [0.3, 0.4) is 0 Å². The van der Waals surface area contributed by atoms with E-state index in [9.17, 15) is 4.79 Å². The Labute approximate surface area is 60.7 Å². The lowest BCUT2D eigenvalue weighted by Gasteiger charge is -2.07. The van der Waals surface area contributed by atoms with Crippen LogP contribution in [0, 0.1) is 0 Å². The van der Waals surface area contributed by atoms with Gasteiger partial charge in [0.05, 0.1) is 0 Å². The molecule has 0 atom stereocenters. The SMILES string of the molecule is CC(=O)C1=CCCN=C1C. The van der Waals surface area contributed by atoms with Crippen LogP contribution in [0.5, 0.6) is 0 Å². The first kappa shape index (κ1) is 7.19. The van der Waals surface area contributed by atoms with Crippen molar-refractivity contribution in [3.05, 3.63) is 11.6 Å². The number of hydrogen-bond donors (Lipinski definition) is 0. The molecule has 0 bridgehead atoms. The van der Waals surface area contributed by atoms with Gasteiger partial charge >= 0.3 is 0 Å².